The standard InChI is InChI=1S/C20H24N4O4/c1-13(2)28-17-4-3-15(20(26)27)11-16(17)23-19(25)14-5-9-24(10-6-14)18-12-21-7-8-22-18/h3-4,7-8,11-14H,5-6,9-10H2,1-2H3,(H,23,25)(H,26,27). The molecule has 3 rings (SSSR count). The number of rotatable bonds is 6. The molecule has 8 heteroatoms. The molecule has 28 heavy (non-hydrogen) atoms. The van der Waals surface area contributed by atoms with E-state index < -0.39 is 5.97 Å². The minimum Gasteiger partial charge on any atom is -0.489 e. The van der Waals surface area contributed by atoms with Gasteiger partial charge < -0.3 is 20.1 Å². The van der Waals surface area contributed by atoms with Crippen LogP contribution >= 0.6 is 0 Å². The summed E-state index contributed by atoms with van der Waals surface area (Å²) in [6.45, 7) is 5.17. The molecule has 0 radical (unpaired) electrons. The Balaban J connectivity index is 1.67. The van der Waals surface area contributed by atoms with Gasteiger partial charge in [-0.3, -0.25) is 9.78 Å². The van der Waals surface area contributed by atoms with Gasteiger partial charge in [0.1, 0.15) is 11.6 Å². The fourth-order valence-electron chi connectivity index (χ4n) is 3.18. The summed E-state index contributed by atoms with van der Waals surface area (Å²) >= 11 is 0. The number of piperidine rings is 1. The quantitative estimate of drug-likeness (QED) is 0.789. The van der Waals surface area contributed by atoms with Crippen molar-refractivity contribution in [1.82, 2.24) is 9.97 Å². The van der Waals surface area contributed by atoms with Crippen molar-refractivity contribution in [2.75, 3.05) is 23.3 Å². The molecule has 1 aliphatic heterocycles. The van der Waals surface area contributed by atoms with Crippen LogP contribution < -0.4 is 15.0 Å². The van der Waals surface area contributed by atoms with Crippen molar-refractivity contribution < 1.29 is 19.4 Å². The molecule has 1 saturated heterocycles. The van der Waals surface area contributed by atoms with Gasteiger partial charge in [0.05, 0.1) is 23.6 Å². The van der Waals surface area contributed by atoms with Crippen LogP contribution in [0.2, 0.25) is 0 Å². The molecule has 0 aliphatic carbocycles. The number of hydrogen-bond acceptors (Lipinski definition) is 6. The van der Waals surface area contributed by atoms with Gasteiger partial charge in [0, 0.05) is 31.4 Å². The zero-order valence-corrected chi connectivity index (χ0v) is 16.0. The number of carbonyl (C=O) groups excluding carboxylic acids is 1. The summed E-state index contributed by atoms with van der Waals surface area (Å²) in [4.78, 5) is 34.5. The lowest BCUT2D eigenvalue weighted by molar-refractivity contribution is -0.120. The molecule has 0 bridgehead atoms. The summed E-state index contributed by atoms with van der Waals surface area (Å²) in [5.41, 5.74) is 0.485. The molecule has 0 saturated carbocycles. The Labute approximate surface area is 163 Å². The Hall–Kier alpha value is -3.16. The van der Waals surface area contributed by atoms with E-state index >= 15 is 0 Å². The fraction of sp³-hybridized carbons (Fsp3) is 0.400. The third-order valence-electron chi connectivity index (χ3n) is 4.59. The summed E-state index contributed by atoms with van der Waals surface area (Å²) in [5.74, 6) is -0.0689. The van der Waals surface area contributed by atoms with Gasteiger partial charge in [-0.15, -0.1) is 0 Å². The van der Waals surface area contributed by atoms with Crippen LogP contribution in [-0.4, -0.2) is 46.1 Å². The number of ether oxygens (including phenoxy) is 1. The molecule has 148 valence electrons. The van der Waals surface area contributed by atoms with Gasteiger partial charge in [-0.2, -0.15) is 0 Å². The molecular weight excluding hydrogens is 360 g/mol. The minimum atomic E-state index is -1.05. The Morgan fingerprint density at radius 3 is 2.61 bits per heavy atom. The van der Waals surface area contributed by atoms with Crippen molar-refractivity contribution in [2.45, 2.75) is 32.8 Å². The average molecular weight is 384 g/mol. The predicted octanol–water partition coefficient (Wildman–Crippen LogP) is 2.82. The summed E-state index contributed by atoms with van der Waals surface area (Å²) in [5, 5.41) is 12.1. The van der Waals surface area contributed by atoms with E-state index in [1.165, 1.54) is 12.1 Å². The monoisotopic (exact) mass is 384 g/mol. The van der Waals surface area contributed by atoms with Gasteiger partial charge >= 0.3 is 5.97 Å². The summed E-state index contributed by atoms with van der Waals surface area (Å²) in [6.07, 6.45) is 6.27. The number of nitrogens with zero attached hydrogens (tertiary/aromatic N) is 3. The second-order valence-corrected chi connectivity index (χ2v) is 7.00. The first-order chi connectivity index (χ1) is 13.4. The molecular formula is C20H24N4O4. The summed E-state index contributed by atoms with van der Waals surface area (Å²) < 4.78 is 5.71. The molecule has 2 heterocycles. The van der Waals surface area contributed by atoms with Crippen LogP contribution in [0, 0.1) is 5.92 Å². The molecule has 1 aromatic carbocycles. The van der Waals surface area contributed by atoms with Crippen molar-refractivity contribution in [3.63, 3.8) is 0 Å². The van der Waals surface area contributed by atoms with Gasteiger partial charge in [0.15, 0.2) is 0 Å². The van der Waals surface area contributed by atoms with Gasteiger partial charge in [-0.25, -0.2) is 9.78 Å². The maximum atomic E-state index is 12.8. The Bertz CT molecular complexity index is 833. The Kier molecular flexibility index (Phi) is 6.08. The van der Waals surface area contributed by atoms with Crippen LogP contribution in [-0.2, 0) is 4.79 Å². The third kappa shape index (κ3) is 4.76. The largest absolute Gasteiger partial charge is 0.489 e. The molecule has 1 aromatic heterocycles. The first-order valence-corrected chi connectivity index (χ1v) is 9.30. The van der Waals surface area contributed by atoms with E-state index in [0.29, 0.717) is 37.4 Å². The Morgan fingerprint density at radius 1 is 1.25 bits per heavy atom. The lowest BCUT2D eigenvalue weighted by Crippen LogP contribution is -2.38. The lowest BCUT2D eigenvalue weighted by Gasteiger charge is -2.32. The zero-order chi connectivity index (χ0) is 20.1. The molecule has 2 aromatic rings. The Morgan fingerprint density at radius 2 is 2.00 bits per heavy atom. The topological polar surface area (TPSA) is 105 Å². The van der Waals surface area contributed by atoms with Crippen LogP contribution in [0.15, 0.2) is 36.8 Å². The maximum Gasteiger partial charge on any atom is 0.335 e. The van der Waals surface area contributed by atoms with Crippen molar-refractivity contribution in [3.05, 3.63) is 42.4 Å². The molecule has 8 nitrogen and oxygen atoms in total. The normalized spacial score (nSPS) is 14.8. The maximum absolute atomic E-state index is 12.8. The molecule has 2 N–H and O–H groups in total. The van der Waals surface area contributed by atoms with Gasteiger partial charge in [-0.05, 0) is 44.9 Å². The second-order valence-electron chi connectivity index (χ2n) is 7.00. The smallest absolute Gasteiger partial charge is 0.335 e. The number of benzene rings is 1. The van der Waals surface area contributed by atoms with Crippen LogP contribution in [0.5, 0.6) is 5.75 Å². The zero-order valence-electron chi connectivity index (χ0n) is 16.0. The number of anilines is 2. The van der Waals surface area contributed by atoms with Gasteiger partial charge in [0.25, 0.3) is 0 Å². The van der Waals surface area contributed by atoms with E-state index in [1.807, 2.05) is 13.8 Å². The lowest BCUT2D eigenvalue weighted by atomic mass is 9.95. The molecule has 1 aliphatic rings. The summed E-state index contributed by atoms with van der Waals surface area (Å²) in [6, 6.07) is 4.48. The average Bonchev–Trinajstić information content (AvgIpc) is 2.69. The molecule has 0 unspecified atom stereocenters. The molecule has 1 amide bonds. The van der Waals surface area contributed by atoms with Crippen molar-refractivity contribution in [1.29, 1.82) is 0 Å². The van der Waals surface area contributed by atoms with E-state index in [2.05, 4.69) is 20.2 Å². The van der Waals surface area contributed by atoms with Crippen molar-refractivity contribution in [3.8, 4) is 5.75 Å². The van der Waals surface area contributed by atoms with Crippen LogP contribution in [0.1, 0.15) is 37.0 Å². The second kappa shape index (κ2) is 8.69. The SMILES string of the molecule is CC(C)Oc1ccc(C(=O)O)cc1NC(=O)C1CCN(c2cnccn2)CC1. The van der Waals surface area contributed by atoms with E-state index in [1.54, 1.807) is 24.7 Å². The summed E-state index contributed by atoms with van der Waals surface area (Å²) in [7, 11) is 0. The number of nitrogens with one attached hydrogen (secondary N) is 1. The molecule has 1 fully saturated rings. The minimum absolute atomic E-state index is 0.0958. The highest BCUT2D eigenvalue weighted by Gasteiger charge is 2.26. The van der Waals surface area contributed by atoms with Gasteiger partial charge in [-0.1, -0.05) is 0 Å². The van der Waals surface area contributed by atoms with Crippen LogP contribution in [0.4, 0.5) is 11.5 Å². The number of hydrogen-bond donors (Lipinski definition) is 2. The number of aromatic carboxylic acids is 1. The highest BCUT2D eigenvalue weighted by molar-refractivity contribution is 5.96. The number of carbonyl (C=O) groups is 2. The molecule has 0 spiro atoms. The highest BCUT2D eigenvalue weighted by Crippen LogP contribution is 2.29. The fourth-order valence-corrected chi connectivity index (χ4v) is 3.18. The van der Waals surface area contributed by atoms with Crippen molar-refractivity contribution in [2.24, 2.45) is 5.92 Å². The predicted molar refractivity (Wildman–Crippen MR) is 105 cm³/mol. The van der Waals surface area contributed by atoms with E-state index in [4.69, 9.17) is 4.74 Å². The number of carboxylic acids is 1. The first kappa shape index (κ1) is 19.6. The molecule has 0 atom stereocenters. The number of aromatic nitrogens is 2. The van der Waals surface area contributed by atoms with Gasteiger partial charge in [0.2, 0.25) is 5.91 Å². The van der Waals surface area contributed by atoms with Crippen molar-refractivity contribution >= 4 is 23.4 Å². The van der Waals surface area contributed by atoms with E-state index in [-0.39, 0.29) is 23.5 Å². The first-order valence-electron chi connectivity index (χ1n) is 9.30. The van der Waals surface area contributed by atoms with Crippen LogP contribution in [0.3, 0.4) is 0 Å². The number of amides is 1. The third-order valence-corrected chi connectivity index (χ3v) is 4.59. The van der Waals surface area contributed by atoms with E-state index in [9.17, 15) is 14.7 Å². The number of carboxylic acid groups (broad SMARTS) is 1. The highest BCUT2D eigenvalue weighted by atomic mass is 16.5. The van der Waals surface area contributed by atoms with E-state index in [0.717, 1.165) is 5.82 Å². The van der Waals surface area contributed by atoms with Crippen LogP contribution in [0.25, 0.3) is 0 Å².